The third kappa shape index (κ3) is 3.51. The number of nitrogens with zero attached hydrogens (tertiary/aromatic N) is 2. The second-order valence-corrected chi connectivity index (χ2v) is 5.19. The average Bonchev–Trinajstić information content (AvgIpc) is 2.50. The van der Waals surface area contributed by atoms with Crippen LogP contribution in [-0.2, 0) is 16.6 Å². The van der Waals surface area contributed by atoms with Crippen molar-refractivity contribution in [2.75, 3.05) is 19.7 Å². The lowest BCUT2D eigenvalue weighted by atomic mass is 9.96. The summed E-state index contributed by atoms with van der Waals surface area (Å²) in [6.45, 7) is 3.24. The lowest BCUT2D eigenvalue weighted by Gasteiger charge is -2.31. The molecule has 1 aliphatic heterocycles. The lowest BCUT2D eigenvalue weighted by Crippen LogP contribution is -2.41. The fourth-order valence-electron chi connectivity index (χ4n) is 2.48. The van der Waals surface area contributed by atoms with Crippen molar-refractivity contribution >= 4 is 11.9 Å². The highest BCUT2D eigenvalue weighted by atomic mass is 16.5. The summed E-state index contributed by atoms with van der Waals surface area (Å²) in [7, 11) is 1.62. The van der Waals surface area contributed by atoms with Crippen LogP contribution in [0.4, 0.5) is 0 Å². The molecule has 1 aromatic heterocycles. The van der Waals surface area contributed by atoms with Crippen molar-refractivity contribution in [1.29, 1.82) is 0 Å². The number of carbonyl (C=O) groups is 2. The number of rotatable bonds is 3. The molecule has 21 heavy (non-hydrogen) atoms. The van der Waals surface area contributed by atoms with E-state index in [0.717, 1.165) is 0 Å². The number of esters is 1. The van der Waals surface area contributed by atoms with Crippen molar-refractivity contribution in [3.63, 3.8) is 0 Å². The largest absolute Gasteiger partial charge is 0.466 e. The third-order valence-corrected chi connectivity index (χ3v) is 3.73. The fourth-order valence-corrected chi connectivity index (χ4v) is 2.48. The predicted octanol–water partition coefficient (Wildman–Crippen LogP) is 0.801. The third-order valence-electron chi connectivity index (χ3n) is 3.73. The van der Waals surface area contributed by atoms with Crippen molar-refractivity contribution in [3.8, 4) is 0 Å². The van der Waals surface area contributed by atoms with E-state index in [1.54, 1.807) is 31.1 Å². The van der Waals surface area contributed by atoms with Crippen molar-refractivity contribution in [3.05, 3.63) is 34.2 Å². The highest BCUT2D eigenvalue weighted by Gasteiger charge is 2.28. The van der Waals surface area contributed by atoms with Crippen molar-refractivity contribution < 1.29 is 14.3 Å². The van der Waals surface area contributed by atoms with Crippen molar-refractivity contribution in [2.45, 2.75) is 19.8 Å². The first-order valence-corrected chi connectivity index (χ1v) is 7.15. The minimum Gasteiger partial charge on any atom is -0.466 e. The van der Waals surface area contributed by atoms with Gasteiger partial charge in [-0.05, 0) is 25.8 Å². The Bertz CT molecular complexity index is 586. The van der Waals surface area contributed by atoms with Gasteiger partial charge in [0.2, 0.25) is 5.56 Å². The molecule has 1 aliphatic rings. The van der Waals surface area contributed by atoms with Gasteiger partial charge in [0.05, 0.1) is 18.1 Å². The maximum atomic E-state index is 12.4. The van der Waals surface area contributed by atoms with Gasteiger partial charge in [-0.3, -0.25) is 14.4 Å². The molecule has 0 aromatic carbocycles. The van der Waals surface area contributed by atoms with Crippen LogP contribution in [0.1, 0.15) is 30.1 Å². The molecule has 0 unspecified atom stereocenters. The molecule has 1 amide bonds. The maximum absolute atomic E-state index is 12.4. The molecular formula is C15H20N2O4. The SMILES string of the molecule is CCOC(=O)C1CCN(C(=O)c2ccc(=O)n(C)c2)CC1. The van der Waals surface area contributed by atoms with E-state index in [1.807, 2.05) is 0 Å². The molecule has 0 aliphatic carbocycles. The number of aromatic nitrogens is 1. The molecule has 2 rings (SSSR count). The van der Waals surface area contributed by atoms with E-state index in [0.29, 0.717) is 38.1 Å². The molecule has 0 atom stereocenters. The molecule has 0 N–H and O–H groups in total. The highest BCUT2D eigenvalue weighted by molar-refractivity contribution is 5.94. The Morgan fingerprint density at radius 1 is 1.29 bits per heavy atom. The Morgan fingerprint density at radius 3 is 2.52 bits per heavy atom. The quantitative estimate of drug-likeness (QED) is 0.773. The minimum absolute atomic E-state index is 0.104. The number of hydrogen-bond acceptors (Lipinski definition) is 4. The van der Waals surface area contributed by atoms with E-state index in [4.69, 9.17) is 4.74 Å². The molecule has 0 saturated carbocycles. The highest BCUT2D eigenvalue weighted by Crippen LogP contribution is 2.20. The summed E-state index contributed by atoms with van der Waals surface area (Å²) in [5.74, 6) is -0.395. The molecule has 0 radical (unpaired) electrons. The van der Waals surface area contributed by atoms with E-state index < -0.39 is 0 Å². The summed E-state index contributed by atoms with van der Waals surface area (Å²) in [4.78, 5) is 37.1. The Hall–Kier alpha value is -2.11. The summed E-state index contributed by atoms with van der Waals surface area (Å²) < 4.78 is 6.40. The van der Waals surface area contributed by atoms with Gasteiger partial charge in [-0.15, -0.1) is 0 Å². The molecule has 1 fully saturated rings. The Kier molecular flexibility index (Phi) is 4.77. The zero-order valence-electron chi connectivity index (χ0n) is 12.4. The number of hydrogen-bond donors (Lipinski definition) is 0. The first-order valence-electron chi connectivity index (χ1n) is 7.15. The van der Waals surface area contributed by atoms with Crippen molar-refractivity contribution in [2.24, 2.45) is 13.0 Å². The van der Waals surface area contributed by atoms with Crippen LogP contribution in [0.2, 0.25) is 0 Å². The van der Waals surface area contributed by atoms with Crippen LogP contribution in [0.15, 0.2) is 23.1 Å². The summed E-state index contributed by atoms with van der Waals surface area (Å²) in [6.07, 6.45) is 2.79. The fraction of sp³-hybridized carbons (Fsp3) is 0.533. The average molecular weight is 292 g/mol. The predicted molar refractivity (Wildman–Crippen MR) is 76.9 cm³/mol. The molecule has 6 heteroatoms. The van der Waals surface area contributed by atoms with E-state index in [2.05, 4.69) is 0 Å². The minimum atomic E-state index is -0.174. The molecular weight excluding hydrogens is 272 g/mol. The van der Waals surface area contributed by atoms with Crippen LogP contribution >= 0.6 is 0 Å². The van der Waals surface area contributed by atoms with Gasteiger partial charge in [-0.1, -0.05) is 0 Å². The number of ether oxygens (including phenoxy) is 1. The standard InChI is InChI=1S/C15H20N2O4/c1-3-21-15(20)11-6-8-17(9-7-11)14(19)12-4-5-13(18)16(2)10-12/h4-5,10-11H,3,6-9H2,1-2H3. The number of piperidine rings is 1. The second-order valence-electron chi connectivity index (χ2n) is 5.19. The lowest BCUT2D eigenvalue weighted by molar-refractivity contribution is -0.149. The van der Waals surface area contributed by atoms with Gasteiger partial charge in [0.25, 0.3) is 5.91 Å². The van der Waals surface area contributed by atoms with Crippen LogP contribution in [0.5, 0.6) is 0 Å². The van der Waals surface area contributed by atoms with E-state index in [-0.39, 0.29) is 23.4 Å². The molecule has 114 valence electrons. The monoisotopic (exact) mass is 292 g/mol. The van der Waals surface area contributed by atoms with Crippen LogP contribution in [0.25, 0.3) is 0 Å². The van der Waals surface area contributed by atoms with Crippen LogP contribution in [0.3, 0.4) is 0 Å². The summed E-state index contributed by atoms with van der Waals surface area (Å²) in [6, 6.07) is 2.93. The zero-order chi connectivity index (χ0) is 15.4. The molecule has 1 aromatic rings. The van der Waals surface area contributed by atoms with Gasteiger partial charge < -0.3 is 14.2 Å². The first-order chi connectivity index (χ1) is 10.0. The van der Waals surface area contributed by atoms with Gasteiger partial charge in [0.15, 0.2) is 0 Å². The normalized spacial score (nSPS) is 15.8. The number of pyridine rings is 1. The molecule has 2 heterocycles. The summed E-state index contributed by atoms with van der Waals surface area (Å²) >= 11 is 0. The second kappa shape index (κ2) is 6.56. The molecule has 1 saturated heterocycles. The molecule has 0 spiro atoms. The molecule has 0 bridgehead atoms. The Morgan fingerprint density at radius 2 is 1.95 bits per heavy atom. The number of carbonyl (C=O) groups excluding carboxylic acids is 2. The van der Waals surface area contributed by atoms with Gasteiger partial charge in [0, 0.05) is 32.4 Å². The topological polar surface area (TPSA) is 68.6 Å². The van der Waals surface area contributed by atoms with Gasteiger partial charge >= 0.3 is 5.97 Å². The van der Waals surface area contributed by atoms with Crippen LogP contribution < -0.4 is 5.56 Å². The van der Waals surface area contributed by atoms with Crippen molar-refractivity contribution in [1.82, 2.24) is 9.47 Å². The number of likely N-dealkylation sites (tertiary alicyclic amines) is 1. The number of amides is 1. The van der Waals surface area contributed by atoms with Gasteiger partial charge in [-0.2, -0.15) is 0 Å². The van der Waals surface area contributed by atoms with E-state index >= 15 is 0 Å². The zero-order valence-corrected chi connectivity index (χ0v) is 12.4. The maximum Gasteiger partial charge on any atom is 0.309 e. The van der Waals surface area contributed by atoms with E-state index in [1.165, 1.54) is 10.6 Å². The van der Waals surface area contributed by atoms with E-state index in [9.17, 15) is 14.4 Å². The van der Waals surface area contributed by atoms with Gasteiger partial charge in [0.1, 0.15) is 0 Å². The van der Waals surface area contributed by atoms with Crippen LogP contribution in [0, 0.1) is 5.92 Å². The molecule has 6 nitrogen and oxygen atoms in total. The summed E-state index contributed by atoms with van der Waals surface area (Å²) in [5.41, 5.74) is 0.347. The Labute approximate surface area is 123 Å². The smallest absolute Gasteiger partial charge is 0.309 e. The summed E-state index contributed by atoms with van der Waals surface area (Å²) in [5, 5.41) is 0. The Balaban J connectivity index is 1.98. The first kappa shape index (κ1) is 15.3. The van der Waals surface area contributed by atoms with Gasteiger partial charge in [-0.25, -0.2) is 0 Å². The number of aryl methyl sites for hydroxylation is 1. The van der Waals surface area contributed by atoms with Crippen LogP contribution in [-0.4, -0.2) is 41.0 Å².